The van der Waals surface area contributed by atoms with E-state index in [1.54, 1.807) is 0 Å². The van der Waals surface area contributed by atoms with Gasteiger partial charge in [0.15, 0.2) is 0 Å². The fourth-order valence-corrected chi connectivity index (χ4v) is 9.70. The molecule has 6 aromatic carbocycles. The van der Waals surface area contributed by atoms with Gasteiger partial charge in [-0.2, -0.15) is 0 Å². The van der Waals surface area contributed by atoms with Crippen LogP contribution in [0.25, 0.3) is 33.4 Å². The molecule has 2 heteroatoms. The second-order valence-corrected chi connectivity index (χ2v) is 14.2. The summed E-state index contributed by atoms with van der Waals surface area (Å²) in [5.74, 6) is 1.26. The second-order valence-electron chi connectivity index (χ2n) is 14.2. The number of hydrogen-bond acceptors (Lipinski definition) is 2. The summed E-state index contributed by atoms with van der Waals surface area (Å²) in [6, 6.07) is 58.3. The van der Waals surface area contributed by atoms with Crippen molar-refractivity contribution in [3.8, 4) is 33.4 Å². The lowest BCUT2D eigenvalue weighted by Gasteiger charge is -2.47. The minimum Gasteiger partial charge on any atom is -0.352 e. The number of benzene rings is 6. The Balaban J connectivity index is 1.12. The molecule has 0 N–H and O–H groups in total. The highest BCUT2D eigenvalue weighted by Gasteiger charge is 2.64. The Kier molecular flexibility index (Phi) is 6.67. The third kappa shape index (κ3) is 4.18. The molecule has 0 bridgehead atoms. The number of rotatable bonds is 4. The van der Waals surface area contributed by atoms with Gasteiger partial charge in [-0.3, -0.25) is 4.99 Å². The molecule has 3 aliphatic carbocycles. The molecule has 10 rings (SSSR count). The van der Waals surface area contributed by atoms with Gasteiger partial charge in [0.05, 0.1) is 17.5 Å². The lowest BCUT2D eigenvalue weighted by atomic mass is 9.63. The summed E-state index contributed by atoms with van der Waals surface area (Å²) in [6.07, 6.45) is 7.21. The largest absolute Gasteiger partial charge is 0.352 e. The summed E-state index contributed by atoms with van der Waals surface area (Å²) in [5, 5.41) is 0. The molecule has 1 fully saturated rings. The molecular weight excluding hydrogens is 605 g/mol. The fraction of sp³-hybridized carbons (Fsp3) is 0.146. The minimum atomic E-state index is -0.274. The molecule has 2 nitrogen and oxygen atoms in total. The van der Waals surface area contributed by atoms with E-state index in [4.69, 9.17) is 4.99 Å². The average Bonchev–Trinajstić information content (AvgIpc) is 3.65. The molecule has 0 radical (unpaired) electrons. The zero-order valence-corrected chi connectivity index (χ0v) is 28.2. The molecule has 1 aliphatic heterocycles. The molecule has 4 aliphatic rings. The first kappa shape index (κ1) is 29.2. The molecule has 1 spiro atoms. The number of allylic oxidation sites excluding steroid dienone is 2. The predicted octanol–water partition coefficient (Wildman–Crippen LogP) is 11.1. The Hall–Kier alpha value is -5.73. The molecule has 6 aromatic rings. The maximum Gasteiger partial charge on any atom is 0.131 e. The Morgan fingerprint density at radius 2 is 1.00 bits per heavy atom. The maximum absolute atomic E-state index is 5.80. The normalized spacial score (nSPS) is 21.0. The van der Waals surface area contributed by atoms with Crippen LogP contribution in [0.2, 0.25) is 0 Å². The van der Waals surface area contributed by atoms with E-state index in [0.29, 0.717) is 0 Å². The van der Waals surface area contributed by atoms with Crippen molar-refractivity contribution in [3.05, 3.63) is 203 Å². The van der Waals surface area contributed by atoms with Gasteiger partial charge in [-0.05, 0) is 74.1 Å². The third-order valence-electron chi connectivity index (χ3n) is 11.7. The Morgan fingerprint density at radius 1 is 0.520 bits per heavy atom. The monoisotopic (exact) mass is 642 g/mol. The number of aliphatic imine (C=N–C) groups is 1. The van der Waals surface area contributed by atoms with Gasteiger partial charge in [-0.15, -0.1) is 0 Å². The third-order valence-corrected chi connectivity index (χ3v) is 11.7. The smallest absolute Gasteiger partial charge is 0.131 e. The first-order valence-corrected chi connectivity index (χ1v) is 18.0. The Labute approximate surface area is 294 Å². The Bertz CT molecular complexity index is 2280. The van der Waals surface area contributed by atoms with Crippen molar-refractivity contribution in [2.75, 3.05) is 7.05 Å². The summed E-state index contributed by atoms with van der Waals surface area (Å²) < 4.78 is 0. The summed E-state index contributed by atoms with van der Waals surface area (Å²) in [7, 11) is 2.27. The molecule has 240 valence electrons. The molecular formula is C48H38N2. The van der Waals surface area contributed by atoms with E-state index in [9.17, 15) is 0 Å². The van der Waals surface area contributed by atoms with Crippen molar-refractivity contribution in [3.63, 3.8) is 0 Å². The number of amidine groups is 1. The van der Waals surface area contributed by atoms with Crippen LogP contribution >= 0.6 is 0 Å². The van der Waals surface area contributed by atoms with Gasteiger partial charge >= 0.3 is 0 Å². The molecule has 0 aromatic heterocycles. The van der Waals surface area contributed by atoms with Gasteiger partial charge in [-0.25, -0.2) is 0 Å². The van der Waals surface area contributed by atoms with Crippen molar-refractivity contribution in [1.82, 2.24) is 4.90 Å². The maximum atomic E-state index is 5.80. The first-order valence-electron chi connectivity index (χ1n) is 18.0. The number of nitrogens with zero attached hydrogens (tertiary/aromatic N) is 2. The quantitative estimate of drug-likeness (QED) is 0.187. The molecule has 1 saturated carbocycles. The van der Waals surface area contributed by atoms with Crippen LogP contribution in [0.1, 0.15) is 41.1 Å². The van der Waals surface area contributed by atoms with Crippen LogP contribution in [0.5, 0.6) is 0 Å². The van der Waals surface area contributed by atoms with E-state index in [-0.39, 0.29) is 23.4 Å². The number of fused-ring (bicyclic) bond motifs is 10. The van der Waals surface area contributed by atoms with Crippen molar-refractivity contribution >= 4 is 5.84 Å². The van der Waals surface area contributed by atoms with Crippen molar-refractivity contribution in [2.24, 2.45) is 10.9 Å². The summed E-state index contributed by atoms with van der Waals surface area (Å²) in [5.41, 5.74) is 15.6. The van der Waals surface area contributed by atoms with Crippen LogP contribution in [0.15, 0.2) is 186 Å². The van der Waals surface area contributed by atoms with Crippen LogP contribution in [0, 0.1) is 5.92 Å². The topological polar surface area (TPSA) is 15.6 Å². The number of hydrogen-bond donors (Lipinski definition) is 0. The van der Waals surface area contributed by atoms with Crippen molar-refractivity contribution < 1.29 is 0 Å². The van der Waals surface area contributed by atoms with E-state index in [2.05, 4.69) is 182 Å². The van der Waals surface area contributed by atoms with Crippen LogP contribution in [0.4, 0.5) is 0 Å². The zero-order valence-electron chi connectivity index (χ0n) is 28.2. The van der Waals surface area contributed by atoms with Gasteiger partial charge in [-0.1, -0.05) is 170 Å². The van der Waals surface area contributed by atoms with E-state index in [0.717, 1.165) is 24.2 Å². The van der Waals surface area contributed by atoms with Gasteiger partial charge in [0.1, 0.15) is 5.84 Å². The molecule has 3 atom stereocenters. The SMILES string of the molecule is CN1C(c2ccc(-c3ccc(-c4ccccc4)cc3)cc2)=NC2C3=CCCC=C3C3(c4ccccc4-c4ccccc43)C2C1c1ccccc1. The highest BCUT2D eigenvalue weighted by molar-refractivity contribution is 6.01. The van der Waals surface area contributed by atoms with E-state index in [1.807, 2.05) is 0 Å². The summed E-state index contributed by atoms with van der Waals surface area (Å²) in [4.78, 5) is 8.29. The van der Waals surface area contributed by atoms with Gasteiger partial charge < -0.3 is 4.90 Å². The summed E-state index contributed by atoms with van der Waals surface area (Å²) in [6.45, 7) is 0. The van der Waals surface area contributed by atoms with E-state index in [1.165, 1.54) is 61.2 Å². The first-order chi connectivity index (χ1) is 24.7. The molecule has 1 heterocycles. The van der Waals surface area contributed by atoms with Gasteiger partial charge in [0, 0.05) is 18.5 Å². The lowest BCUT2D eigenvalue weighted by Crippen LogP contribution is -2.50. The minimum absolute atomic E-state index is 0.0439. The van der Waals surface area contributed by atoms with Crippen LogP contribution in [-0.2, 0) is 5.41 Å². The highest BCUT2D eigenvalue weighted by atomic mass is 15.2. The standard InChI is InChI=1S/C48H38N2/c1-50-46(36-16-6-3-7-17-36)44-45(40-20-10-13-23-43(40)48(44)41-21-11-8-18-38(41)39-19-9-12-22-42(39)48)49-47(50)37-30-28-35(29-31-37)34-26-24-33(25-27-34)32-14-4-2-5-15-32/h2-9,11-12,14-31,44-46H,10,13H2,1H3. The highest BCUT2D eigenvalue weighted by Crippen LogP contribution is 2.68. The zero-order chi connectivity index (χ0) is 33.2. The molecule has 50 heavy (non-hydrogen) atoms. The fourth-order valence-electron chi connectivity index (χ4n) is 9.70. The van der Waals surface area contributed by atoms with Crippen LogP contribution in [-0.4, -0.2) is 23.8 Å². The Morgan fingerprint density at radius 3 is 1.60 bits per heavy atom. The molecule has 0 amide bonds. The molecule has 0 saturated heterocycles. The summed E-state index contributed by atoms with van der Waals surface area (Å²) >= 11 is 0. The molecule has 3 unspecified atom stereocenters. The van der Waals surface area contributed by atoms with Crippen molar-refractivity contribution in [1.29, 1.82) is 0 Å². The van der Waals surface area contributed by atoms with Gasteiger partial charge in [0.2, 0.25) is 0 Å². The van der Waals surface area contributed by atoms with E-state index >= 15 is 0 Å². The lowest BCUT2D eigenvalue weighted by molar-refractivity contribution is 0.190. The van der Waals surface area contributed by atoms with Crippen LogP contribution < -0.4 is 0 Å². The van der Waals surface area contributed by atoms with Crippen LogP contribution in [0.3, 0.4) is 0 Å². The average molecular weight is 643 g/mol. The predicted molar refractivity (Wildman–Crippen MR) is 206 cm³/mol. The van der Waals surface area contributed by atoms with E-state index < -0.39 is 0 Å². The second kappa shape index (κ2) is 11.4. The van der Waals surface area contributed by atoms with Crippen molar-refractivity contribution in [2.45, 2.75) is 30.3 Å². The van der Waals surface area contributed by atoms with Gasteiger partial charge in [0.25, 0.3) is 0 Å².